The number of hydrogen-bond acceptors (Lipinski definition) is 4. The molecule has 0 heterocycles. The van der Waals surface area contributed by atoms with Gasteiger partial charge in [0.1, 0.15) is 12.6 Å². The summed E-state index contributed by atoms with van der Waals surface area (Å²) >= 11 is 6.63. The van der Waals surface area contributed by atoms with E-state index >= 15 is 0 Å². The molecule has 1 saturated carbocycles. The molecule has 0 aromatic heterocycles. The van der Waals surface area contributed by atoms with Crippen molar-refractivity contribution in [3.63, 3.8) is 0 Å². The first-order valence-electron chi connectivity index (χ1n) is 16.6. The predicted molar refractivity (Wildman–Crippen MR) is 193 cm³/mol. The highest BCUT2D eigenvalue weighted by Crippen LogP contribution is 2.30. The van der Waals surface area contributed by atoms with Gasteiger partial charge < -0.3 is 10.2 Å². The minimum Gasteiger partial charge on any atom is -0.352 e. The normalized spacial score (nSPS) is 14.2. The maximum absolute atomic E-state index is 14.8. The van der Waals surface area contributed by atoms with E-state index in [-0.39, 0.29) is 29.8 Å². The van der Waals surface area contributed by atoms with Crippen LogP contribution in [0, 0.1) is 20.8 Å². The van der Waals surface area contributed by atoms with Gasteiger partial charge >= 0.3 is 0 Å². The zero-order valence-corrected chi connectivity index (χ0v) is 29.4. The molecule has 1 aliphatic rings. The van der Waals surface area contributed by atoms with Gasteiger partial charge in [0, 0.05) is 24.0 Å². The molecule has 7 nitrogen and oxygen atoms in total. The molecule has 1 aliphatic carbocycles. The van der Waals surface area contributed by atoms with Crippen LogP contribution in [0.25, 0.3) is 0 Å². The number of aryl methyl sites for hydroxylation is 3. The van der Waals surface area contributed by atoms with Crippen LogP contribution in [-0.2, 0) is 32.6 Å². The van der Waals surface area contributed by atoms with Gasteiger partial charge in [-0.15, -0.1) is 0 Å². The fourth-order valence-corrected chi connectivity index (χ4v) is 7.91. The van der Waals surface area contributed by atoms with E-state index in [9.17, 15) is 18.0 Å². The molecule has 0 spiro atoms. The monoisotopic (exact) mass is 685 g/mol. The molecule has 0 saturated heterocycles. The molecule has 1 fully saturated rings. The molecule has 1 atom stereocenters. The van der Waals surface area contributed by atoms with E-state index < -0.39 is 28.5 Å². The molecule has 0 aliphatic heterocycles. The van der Waals surface area contributed by atoms with Crippen molar-refractivity contribution < 1.29 is 18.0 Å². The third kappa shape index (κ3) is 8.65. The van der Waals surface area contributed by atoms with E-state index in [1.54, 1.807) is 36.4 Å². The zero-order valence-electron chi connectivity index (χ0n) is 27.9. The Labute approximate surface area is 290 Å². The third-order valence-electron chi connectivity index (χ3n) is 9.04. The highest BCUT2D eigenvalue weighted by molar-refractivity contribution is 7.92. The first-order valence-corrected chi connectivity index (χ1v) is 18.4. The Hall–Kier alpha value is -4.14. The maximum Gasteiger partial charge on any atom is 0.264 e. The topological polar surface area (TPSA) is 86.8 Å². The van der Waals surface area contributed by atoms with Gasteiger partial charge in [-0.1, -0.05) is 109 Å². The van der Waals surface area contributed by atoms with Crippen LogP contribution in [0.3, 0.4) is 0 Å². The number of amides is 2. The van der Waals surface area contributed by atoms with Crippen LogP contribution in [0.5, 0.6) is 0 Å². The summed E-state index contributed by atoms with van der Waals surface area (Å²) in [6.45, 7) is 5.12. The second-order valence-electron chi connectivity index (χ2n) is 12.8. The number of carbonyl (C=O) groups excluding carboxylic acids is 2. The highest BCUT2D eigenvalue weighted by atomic mass is 35.5. The van der Waals surface area contributed by atoms with Crippen LogP contribution in [0.2, 0.25) is 5.02 Å². The Bertz CT molecular complexity index is 1820. The van der Waals surface area contributed by atoms with E-state index in [2.05, 4.69) is 5.32 Å². The maximum atomic E-state index is 14.8. The van der Waals surface area contributed by atoms with Crippen molar-refractivity contribution in [1.29, 1.82) is 0 Å². The van der Waals surface area contributed by atoms with Crippen LogP contribution in [0.1, 0.15) is 59.9 Å². The molecule has 5 rings (SSSR count). The van der Waals surface area contributed by atoms with Gasteiger partial charge in [0.15, 0.2) is 0 Å². The van der Waals surface area contributed by atoms with Gasteiger partial charge in [0.05, 0.1) is 10.6 Å². The lowest BCUT2D eigenvalue weighted by atomic mass is 9.94. The Balaban J connectivity index is 1.59. The lowest BCUT2D eigenvalue weighted by molar-refractivity contribution is -0.140. The van der Waals surface area contributed by atoms with Gasteiger partial charge in [-0.25, -0.2) is 8.42 Å². The largest absolute Gasteiger partial charge is 0.352 e. The average molecular weight is 686 g/mol. The second kappa shape index (κ2) is 15.8. The van der Waals surface area contributed by atoms with E-state index in [0.717, 1.165) is 48.8 Å². The third-order valence-corrected chi connectivity index (χ3v) is 11.2. The van der Waals surface area contributed by atoms with Gasteiger partial charge in [0.25, 0.3) is 10.0 Å². The van der Waals surface area contributed by atoms with E-state index in [4.69, 9.17) is 11.6 Å². The van der Waals surface area contributed by atoms with Crippen molar-refractivity contribution in [3.8, 4) is 0 Å². The number of hydrogen-bond donors (Lipinski definition) is 1. The van der Waals surface area contributed by atoms with Crippen LogP contribution in [-0.4, -0.2) is 43.8 Å². The number of anilines is 1. The molecule has 48 heavy (non-hydrogen) atoms. The van der Waals surface area contributed by atoms with Crippen molar-refractivity contribution >= 4 is 39.1 Å². The number of carbonyl (C=O) groups is 2. The molecule has 2 amide bonds. The van der Waals surface area contributed by atoms with Gasteiger partial charge in [-0.05, 0) is 80.1 Å². The van der Waals surface area contributed by atoms with Gasteiger partial charge in [0.2, 0.25) is 11.8 Å². The van der Waals surface area contributed by atoms with E-state index in [1.165, 1.54) is 9.21 Å². The average Bonchev–Trinajstić information content (AvgIpc) is 3.08. The Morgan fingerprint density at radius 2 is 1.48 bits per heavy atom. The lowest BCUT2D eigenvalue weighted by Gasteiger charge is -2.35. The summed E-state index contributed by atoms with van der Waals surface area (Å²) in [4.78, 5) is 30.7. The van der Waals surface area contributed by atoms with E-state index in [0.29, 0.717) is 21.8 Å². The molecular weight excluding hydrogens is 642 g/mol. The van der Waals surface area contributed by atoms with Gasteiger partial charge in [-0.2, -0.15) is 0 Å². The Kier molecular flexibility index (Phi) is 11.6. The zero-order chi connectivity index (χ0) is 34.3. The predicted octanol–water partition coefficient (Wildman–Crippen LogP) is 7.55. The molecule has 1 N–H and O–H groups in total. The van der Waals surface area contributed by atoms with Crippen molar-refractivity contribution in [2.24, 2.45) is 0 Å². The summed E-state index contributed by atoms with van der Waals surface area (Å²) in [6.07, 6.45) is 5.25. The van der Waals surface area contributed by atoms with E-state index in [1.807, 2.05) is 81.4 Å². The lowest BCUT2D eigenvalue weighted by Crippen LogP contribution is -2.55. The van der Waals surface area contributed by atoms with Crippen molar-refractivity contribution in [2.75, 3.05) is 10.8 Å². The molecule has 1 unspecified atom stereocenters. The quantitative estimate of drug-likeness (QED) is 0.167. The minimum absolute atomic E-state index is 0.0233. The standard InChI is InChI=1S/C39H44ClN3O4S/c1-28-19-22-34(23-20-28)48(46,47)43(36-24-29(2)18-21-30(36)3)27-38(44)42(26-32-14-10-11-17-35(32)40)37(25-31-12-6-4-7-13-31)39(45)41-33-15-8-5-9-16-33/h4,6-7,10-14,17-24,33,37H,5,8-9,15-16,25-27H2,1-3H3,(H,41,45). The summed E-state index contributed by atoms with van der Waals surface area (Å²) in [5.74, 6) is -0.767. The number of halogens is 1. The molecule has 4 aromatic carbocycles. The van der Waals surface area contributed by atoms with Crippen LogP contribution < -0.4 is 9.62 Å². The summed E-state index contributed by atoms with van der Waals surface area (Å²) < 4.78 is 30.0. The minimum atomic E-state index is -4.19. The van der Waals surface area contributed by atoms with Crippen LogP contribution in [0.15, 0.2) is 102 Å². The summed E-state index contributed by atoms with van der Waals surface area (Å²) in [5, 5.41) is 3.70. The summed E-state index contributed by atoms with van der Waals surface area (Å²) in [6, 6.07) is 28.1. The van der Waals surface area contributed by atoms with Gasteiger partial charge in [-0.3, -0.25) is 13.9 Å². The second-order valence-corrected chi connectivity index (χ2v) is 15.0. The SMILES string of the molecule is Cc1ccc(S(=O)(=O)N(CC(=O)N(Cc2ccccc2Cl)C(Cc2ccccc2)C(=O)NC2CCCCC2)c2cc(C)ccc2C)cc1. The van der Waals surface area contributed by atoms with Crippen LogP contribution >= 0.6 is 11.6 Å². The summed E-state index contributed by atoms with van der Waals surface area (Å²) in [7, 11) is -4.19. The van der Waals surface area contributed by atoms with Crippen molar-refractivity contribution in [3.05, 3.63) is 130 Å². The Morgan fingerprint density at radius 1 is 0.833 bits per heavy atom. The van der Waals surface area contributed by atoms with Crippen molar-refractivity contribution in [1.82, 2.24) is 10.2 Å². The first-order chi connectivity index (χ1) is 23.0. The highest BCUT2D eigenvalue weighted by Gasteiger charge is 2.36. The number of rotatable bonds is 12. The molecule has 0 radical (unpaired) electrons. The Morgan fingerprint density at radius 3 is 2.17 bits per heavy atom. The molecule has 0 bridgehead atoms. The summed E-state index contributed by atoms with van der Waals surface area (Å²) in [5.41, 5.74) is 4.44. The number of sulfonamides is 1. The molecular formula is C39H44ClN3O4S. The number of nitrogens with zero attached hydrogens (tertiary/aromatic N) is 2. The smallest absolute Gasteiger partial charge is 0.264 e. The van der Waals surface area contributed by atoms with Crippen molar-refractivity contribution in [2.45, 2.75) is 82.8 Å². The fraction of sp³-hybridized carbons (Fsp3) is 0.333. The number of nitrogens with one attached hydrogen (secondary N) is 1. The molecule has 4 aromatic rings. The molecule has 252 valence electrons. The first kappa shape index (κ1) is 35.2. The fourth-order valence-electron chi connectivity index (χ4n) is 6.25. The number of benzene rings is 4. The molecule has 9 heteroatoms. The van der Waals surface area contributed by atoms with Crippen LogP contribution in [0.4, 0.5) is 5.69 Å².